The molecule has 1 aromatic heterocycles. The number of nitrogens with zero attached hydrogens (tertiary/aromatic N) is 4. The van der Waals surface area contributed by atoms with Gasteiger partial charge in [-0.25, -0.2) is 0 Å². The van der Waals surface area contributed by atoms with E-state index in [0.717, 1.165) is 17.6 Å². The van der Waals surface area contributed by atoms with Crippen LogP contribution in [0.4, 0.5) is 6.01 Å². The van der Waals surface area contributed by atoms with E-state index in [2.05, 4.69) is 62.2 Å². The van der Waals surface area contributed by atoms with E-state index in [1.807, 2.05) is 22.8 Å². The molecule has 1 amide bonds. The first-order valence-corrected chi connectivity index (χ1v) is 10.6. The second kappa shape index (κ2) is 9.25. The van der Waals surface area contributed by atoms with E-state index < -0.39 is 0 Å². The topological polar surface area (TPSA) is 62.5 Å². The van der Waals surface area contributed by atoms with Crippen LogP contribution in [0.2, 0.25) is 0 Å². The third-order valence-corrected chi connectivity index (χ3v) is 5.43. The van der Waals surface area contributed by atoms with Crippen molar-refractivity contribution in [2.24, 2.45) is 5.92 Å². The smallest absolute Gasteiger partial charge is 0.318 e. The number of aromatic nitrogens is 2. The highest BCUT2D eigenvalue weighted by Gasteiger charge is 2.24. The molecule has 3 rings (SSSR count). The molecule has 0 radical (unpaired) electrons. The van der Waals surface area contributed by atoms with Gasteiger partial charge in [0.05, 0.1) is 0 Å². The summed E-state index contributed by atoms with van der Waals surface area (Å²) in [5, 5.41) is 8.13. The maximum atomic E-state index is 12.9. The molecular formula is C23H32N4O2. The van der Waals surface area contributed by atoms with Gasteiger partial charge >= 0.3 is 6.01 Å². The molecule has 156 valence electrons. The fraction of sp³-hybridized carbons (Fsp3) is 0.522. The van der Waals surface area contributed by atoms with Crippen LogP contribution in [0.25, 0.3) is 5.57 Å². The van der Waals surface area contributed by atoms with Crippen LogP contribution in [0.1, 0.15) is 57.6 Å². The Morgan fingerprint density at radius 1 is 1.07 bits per heavy atom. The number of amides is 1. The predicted octanol–water partition coefficient (Wildman–Crippen LogP) is 4.14. The molecule has 1 fully saturated rings. The van der Waals surface area contributed by atoms with Gasteiger partial charge in [0.25, 0.3) is 0 Å². The first kappa shape index (κ1) is 21.1. The monoisotopic (exact) mass is 396 g/mol. The second-order valence-corrected chi connectivity index (χ2v) is 8.18. The molecule has 0 unspecified atom stereocenters. The van der Waals surface area contributed by atoms with E-state index in [9.17, 15) is 4.79 Å². The summed E-state index contributed by atoms with van der Waals surface area (Å²) in [6.45, 7) is 13.3. The molecule has 0 spiro atoms. The van der Waals surface area contributed by atoms with Crippen molar-refractivity contribution in [1.29, 1.82) is 0 Å². The van der Waals surface area contributed by atoms with Crippen molar-refractivity contribution in [3.8, 4) is 0 Å². The van der Waals surface area contributed by atoms with Gasteiger partial charge < -0.3 is 14.2 Å². The predicted molar refractivity (Wildman–Crippen MR) is 116 cm³/mol. The standard InChI is InChI=1S/C23H32N4O2/c1-6-21-24-25-23(29-21)27-13-11-26(12-14-27)22(28)15-20(17(4)5)19-9-7-18(8-10-19)16(2)3/h7-10,15-17H,6,11-14H2,1-5H3/b20-15+. The molecule has 1 aromatic carbocycles. The molecule has 6 nitrogen and oxygen atoms in total. The van der Waals surface area contributed by atoms with Gasteiger partial charge in [0, 0.05) is 38.7 Å². The fourth-order valence-corrected chi connectivity index (χ4v) is 3.50. The minimum Gasteiger partial charge on any atom is -0.408 e. The summed E-state index contributed by atoms with van der Waals surface area (Å²) in [6.07, 6.45) is 2.54. The number of aryl methyl sites for hydroxylation is 1. The van der Waals surface area contributed by atoms with Crippen molar-refractivity contribution < 1.29 is 9.21 Å². The minimum atomic E-state index is 0.0704. The number of rotatable bonds is 6. The molecule has 1 aliphatic rings. The van der Waals surface area contributed by atoms with Gasteiger partial charge in [-0.05, 0) is 28.5 Å². The molecule has 0 bridgehead atoms. The molecule has 29 heavy (non-hydrogen) atoms. The summed E-state index contributed by atoms with van der Waals surface area (Å²) in [6, 6.07) is 9.14. The number of carbonyl (C=O) groups excluding carboxylic acids is 1. The van der Waals surface area contributed by atoms with Crippen molar-refractivity contribution in [3.63, 3.8) is 0 Å². The Kier molecular flexibility index (Phi) is 6.72. The molecule has 1 aliphatic heterocycles. The molecule has 0 aliphatic carbocycles. The highest BCUT2D eigenvalue weighted by atomic mass is 16.4. The van der Waals surface area contributed by atoms with E-state index in [-0.39, 0.29) is 11.8 Å². The summed E-state index contributed by atoms with van der Waals surface area (Å²) in [4.78, 5) is 16.9. The van der Waals surface area contributed by atoms with Crippen LogP contribution in [-0.4, -0.2) is 47.2 Å². The Balaban J connectivity index is 1.67. The maximum absolute atomic E-state index is 12.9. The number of piperazine rings is 1. The molecule has 2 heterocycles. The number of hydrogen-bond acceptors (Lipinski definition) is 5. The lowest BCUT2D eigenvalue weighted by molar-refractivity contribution is -0.126. The first-order chi connectivity index (χ1) is 13.9. The highest BCUT2D eigenvalue weighted by Crippen LogP contribution is 2.26. The summed E-state index contributed by atoms with van der Waals surface area (Å²) in [7, 11) is 0. The Bertz CT molecular complexity index is 844. The zero-order chi connectivity index (χ0) is 21.0. The summed E-state index contributed by atoms with van der Waals surface area (Å²) in [5.74, 6) is 1.49. The highest BCUT2D eigenvalue weighted by molar-refractivity contribution is 5.95. The van der Waals surface area contributed by atoms with E-state index >= 15 is 0 Å². The van der Waals surface area contributed by atoms with Crippen LogP contribution < -0.4 is 4.90 Å². The lowest BCUT2D eigenvalue weighted by Crippen LogP contribution is -2.48. The Morgan fingerprint density at radius 2 is 1.72 bits per heavy atom. The Hall–Kier alpha value is -2.63. The van der Waals surface area contributed by atoms with Gasteiger partial charge in [0.2, 0.25) is 11.8 Å². The van der Waals surface area contributed by atoms with Crippen molar-refractivity contribution in [2.75, 3.05) is 31.1 Å². The van der Waals surface area contributed by atoms with Crippen molar-refractivity contribution in [3.05, 3.63) is 47.4 Å². The normalized spacial score (nSPS) is 15.5. The number of benzene rings is 1. The van der Waals surface area contributed by atoms with Crippen LogP contribution in [0.5, 0.6) is 0 Å². The van der Waals surface area contributed by atoms with E-state index in [4.69, 9.17) is 4.42 Å². The van der Waals surface area contributed by atoms with Gasteiger partial charge in [0.15, 0.2) is 0 Å². The number of carbonyl (C=O) groups is 1. The average molecular weight is 397 g/mol. The fourth-order valence-electron chi connectivity index (χ4n) is 3.50. The van der Waals surface area contributed by atoms with Gasteiger partial charge in [-0.15, -0.1) is 5.10 Å². The zero-order valence-corrected chi connectivity index (χ0v) is 18.2. The number of allylic oxidation sites excluding steroid dienone is 1. The lowest BCUT2D eigenvalue weighted by Gasteiger charge is -2.33. The van der Waals surface area contributed by atoms with Crippen molar-refractivity contribution >= 4 is 17.5 Å². The van der Waals surface area contributed by atoms with E-state index in [0.29, 0.717) is 44.0 Å². The van der Waals surface area contributed by atoms with Crippen LogP contribution in [-0.2, 0) is 11.2 Å². The maximum Gasteiger partial charge on any atom is 0.318 e. The molecular weight excluding hydrogens is 364 g/mol. The number of anilines is 1. The van der Waals surface area contributed by atoms with Gasteiger partial charge in [0.1, 0.15) is 0 Å². The van der Waals surface area contributed by atoms with Crippen molar-refractivity contribution in [1.82, 2.24) is 15.1 Å². The average Bonchev–Trinajstić information content (AvgIpc) is 3.21. The largest absolute Gasteiger partial charge is 0.408 e. The quantitative estimate of drug-likeness (QED) is 0.687. The van der Waals surface area contributed by atoms with Crippen LogP contribution >= 0.6 is 0 Å². The van der Waals surface area contributed by atoms with E-state index in [1.54, 1.807) is 0 Å². The first-order valence-electron chi connectivity index (χ1n) is 10.6. The van der Waals surface area contributed by atoms with Gasteiger partial charge in [-0.3, -0.25) is 4.79 Å². The summed E-state index contributed by atoms with van der Waals surface area (Å²) in [5.41, 5.74) is 3.51. The summed E-state index contributed by atoms with van der Waals surface area (Å²) < 4.78 is 5.64. The lowest BCUT2D eigenvalue weighted by atomic mass is 9.92. The Labute approximate surface area is 173 Å². The summed E-state index contributed by atoms with van der Waals surface area (Å²) >= 11 is 0. The SMILES string of the molecule is CCc1nnc(N2CCN(C(=O)/C=C(/c3ccc(C(C)C)cc3)C(C)C)CC2)o1. The Morgan fingerprint density at radius 3 is 2.24 bits per heavy atom. The molecule has 6 heteroatoms. The number of hydrogen-bond donors (Lipinski definition) is 0. The van der Waals surface area contributed by atoms with E-state index in [1.165, 1.54) is 5.56 Å². The van der Waals surface area contributed by atoms with Gasteiger partial charge in [-0.2, -0.15) is 0 Å². The minimum absolute atomic E-state index is 0.0704. The molecule has 2 aromatic rings. The molecule has 0 saturated carbocycles. The second-order valence-electron chi connectivity index (χ2n) is 8.18. The van der Waals surface area contributed by atoms with Gasteiger partial charge in [-0.1, -0.05) is 64.0 Å². The van der Waals surface area contributed by atoms with Crippen LogP contribution in [0.3, 0.4) is 0 Å². The van der Waals surface area contributed by atoms with Crippen LogP contribution in [0, 0.1) is 5.92 Å². The molecule has 1 saturated heterocycles. The van der Waals surface area contributed by atoms with Crippen molar-refractivity contribution in [2.45, 2.75) is 47.0 Å². The third-order valence-electron chi connectivity index (χ3n) is 5.43. The van der Waals surface area contributed by atoms with Crippen LogP contribution in [0.15, 0.2) is 34.8 Å². The molecule has 0 atom stereocenters. The zero-order valence-electron chi connectivity index (χ0n) is 18.2. The molecule has 0 N–H and O–H groups in total. The third kappa shape index (κ3) is 5.05.